The normalized spacial score (nSPS) is 16.0. The van der Waals surface area contributed by atoms with Crippen LogP contribution in [-0.4, -0.2) is 29.8 Å². The summed E-state index contributed by atoms with van der Waals surface area (Å²) in [7, 11) is 0. The number of aliphatic hydroxyl groups is 1. The van der Waals surface area contributed by atoms with Crippen LogP contribution in [-0.2, 0) is 9.53 Å². The first-order valence-corrected chi connectivity index (χ1v) is 3.11. The van der Waals surface area contributed by atoms with E-state index in [2.05, 4.69) is 4.74 Å². The summed E-state index contributed by atoms with van der Waals surface area (Å²) in [5, 5.41) is 8.59. The standard InChI is InChI=1S/C6H13NO3/c1-4(7)6(3-8)10-5(2)9/h4,6,8H,3,7H2,1-2H3. The van der Waals surface area contributed by atoms with Crippen LogP contribution in [0.25, 0.3) is 0 Å². The van der Waals surface area contributed by atoms with Crippen molar-refractivity contribution in [1.29, 1.82) is 0 Å². The van der Waals surface area contributed by atoms with Crippen molar-refractivity contribution in [3.05, 3.63) is 0 Å². The number of nitrogens with two attached hydrogens (primary N) is 1. The van der Waals surface area contributed by atoms with Gasteiger partial charge in [-0.1, -0.05) is 0 Å². The number of carbonyl (C=O) groups excluding carboxylic acids is 1. The van der Waals surface area contributed by atoms with Gasteiger partial charge in [-0.3, -0.25) is 4.79 Å². The van der Waals surface area contributed by atoms with E-state index in [9.17, 15) is 4.79 Å². The number of aliphatic hydroxyl groups excluding tert-OH is 1. The van der Waals surface area contributed by atoms with Crippen molar-refractivity contribution in [2.45, 2.75) is 26.0 Å². The summed E-state index contributed by atoms with van der Waals surface area (Å²) in [6.07, 6.45) is -0.572. The molecule has 0 aromatic rings. The highest BCUT2D eigenvalue weighted by molar-refractivity contribution is 5.66. The Morgan fingerprint density at radius 3 is 2.40 bits per heavy atom. The fourth-order valence-corrected chi connectivity index (χ4v) is 0.524. The monoisotopic (exact) mass is 147 g/mol. The lowest BCUT2D eigenvalue weighted by Gasteiger charge is -2.17. The van der Waals surface area contributed by atoms with Crippen LogP contribution in [0.5, 0.6) is 0 Å². The fraction of sp³-hybridized carbons (Fsp3) is 0.833. The number of hydrogen-bond acceptors (Lipinski definition) is 4. The van der Waals surface area contributed by atoms with Crippen LogP contribution in [0.15, 0.2) is 0 Å². The lowest BCUT2D eigenvalue weighted by atomic mass is 10.2. The van der Waals surface area contributed by atoms with E-state index >= 15 is 0 Å². The second-order valence-corrected chi connectivity index (χ2v) is 2.19. The molecule has 0 aromatic carbocycles. The molecule has 0 spiro atoms. The van der Waals surface area contributed by atoms with Gasteiger partial charge in [0.05, 0.1) is 6.61 Å². The lowest BCUT2D eigenvalue weighted by Crippen LogP contribution is -2.37. The summed E-state index contributed by atoms with van der Waals surface area (Å²) < 4.78 is 4.65. The highest BCUT2D eigenvalue weighted by atomic mass is 16.6. The predicted octanol–water partition coefficient (Wildman–Crippen LogP) is -0.742. The SMILES string of the molecule is CC(=O)OC(CO)C(C)N. The van der Waals surface area contributed by atoms with Crippen LogP contribution < -0.4 is 5.73 Å². The topological polar surface area (TPSA) is 72.5 Å². The largest absolute Gasteiger partial charge is 0.458 e. The average molecular weight is 147 g/mol. The molecular weight excluding hydrogens is 134 g/mol. The quantitative estimate of drug-likeness (QED) is 0.515. The van der Waals surface area contributed by atoms with Crippen LogP contribution in [0.2, 0.25) is 0 Å². The third-order valence-electron chi connectivity index (χ3n) is 1.08. The molecule has 0 fully saturated rings. The number of hydrogen-bond donors (Lipinski definition) is 2. The average Bonchev–Trinajstić information content (AvgIpc) is 1.81. The Balaban J connectivity index is 3.71. The molecular formula is C6H13NO3. The summed E-state index contributed by atoms with van der Waals surface area (Å²) in [4.78, 5) is 10.3. The Morgan fingerprint density at radius 1 is 1.80 bits per heavy atom. The molecule has 0 heterocycles. The highest BCUT2D eigenvalue weighted by Gasteiger charge is 2.14. The molecule has 2 atom stereocenters. The summed E-state index contributed by atoms with van der Waals surface area (Å²) in [5.74, 6) is -0.420. The molecule has 0 saturated heterocycles. The van der Waals surface area contributed by atoms with Crippen molar-refractivity contribution in [3.8, 4) is 0 Å². The van der Waals surface area contributed by atoms with Crippen LogP contribution in [0.1, 0.15) is 13.8 Å². The van der Waals surface area contributed by atoms with E-state index in [0.717, 1.165) is 0 Å². The highest BCUT2D eigenvalue weighted by Crippen LogP contribution is 1.95. The molecule has 0 rings (SSSR count). The van der Waals surface area contributed by atoms with Gasteiger partial charge in [0.1, 0.15) is 6.10 Å². The van der Waals surface area contributed by atoms with Gasteiger partial charge >= 0.3 is 5.97 Å². The molecule has 2 unspecified atom stereocenters. The van der Waals surface area contributed by atoms with Crippen molar-refractivity contribution in [2.24, 2.45) is 5.73 Å². The Kier molecular flexibility index (Phi) is 3.99. The predicted molar refractivity (Wildman–Crippen MR) is 36.3 cm³/mol. The van der Waals surface area contributed by atoms with Crippen molar-refractivity contribution >= 4 is 5.97 Å². The molecule has 0 bridgehead atoms. The van der Waals surface area contributed by atoms with Gasteiger partial charge in [-0.25, -0.2) is 0 Å². The van der Waals surface area contributed by atoms with E-state index in [1.807, 2.05) is 0 Å². The zero-order valence-electron chi connectivity index (χ0n) is 6.20. The van der Waals surface area contributed by atoms with Gasteiger partial charge in [0.25, 0.3) is 0 Å². The van der Waals surface area contributed by atoms with Crippen molar-refractivity contribution in [2.75, 3.05) is 6.61 Å². The van der Waals surface area contributed by atoms with Crippen molar-refractivity contribution < 1.29 is 14.6 Å². The molecule has 0 radical (unpaired) electrons. The summed E-state index contributed by atoms with van der Waals surface area (Å²) in [6.45, 7) is 2.73. The number of rotatable bonds is 3. The lowest BCUT2D eigenvalue weighted by molar-refractivity contribution is -0.149. The third-order valence-corrected chi connectivity index (χ3v) is 1.08. The molecule has 60 valence electrons. The molecule has 4 nitrogen and oxygen atoms in total. The van der Waals surface area contributed by atoms with E-state index in [0.29, 0.717) is 0 Å². The Bertz CT molecular complexity index is 114. The van der Waals surface area contributed by atoms with Gasteiger partial charge in [-0.05, 0) is 6.92 Å². The molecule has 0 aromatic heterocycles. The van der Waals surface area contributed by atoms with E-state index in [1.165, 1.54) is 6.92 Å². The molecule has 0 saturated carbocycles. The van der Waals surface area contributed by atoms with E-state index in [4.69, 9.17) is 10.8 Å². The zero-order valence-corrected chi connectivity index (χ0v) is 6.20. The Labute approximate surface area is 60.0 Å². The first-order valence-electron chi connectivity index (χ1n) is 3.11. The second kappa shape index (κ2) is 4.24. The molecule has 0 aliphatic heterocycles. The van der Waals surface area contributed by atoms with Crippen LogP contribution >= 0.6 is 0 Å². The maximum atomic E-state index is 10.3. The molecule has 4 heteroatoms. The minimum absolute atomic E-state index is 0.225. The van der Waals surface area contributed by atoms with Crippen LogP contribution in [0, 0.1) is 0 Å². The van der Waals surface area contributed by atoms with Gasteiger partial charge in [0.15, 0.2) is 0 Å². The zero-order chi connectivity index (χ0) is 8.15. The van der Waals surface area contributed by atoms with Gasteiger partial charge in [0, 0.05) is 13.0 Å². The number of carbonyl (C=O) groups is 1. The summed E-state index contributed by atoms with van der Waals surface area (Å²) in [5.41, 5.74) is 5.36. The van der Waals surface area contributed by atoms with E-state index in [1.54, 1.807) is 6.92 Å². The van der Waals surface area contributed by atoms with Gasteiger partial charge in [-0.2, -0.15) is 0 Å². The van der Waals surface area contributed by atoms with Gasteiger partial charge in [0.2, 0.25) is 0 Å². The minimum Gasteiger partial charge on any atom is -0.458 e. The Hall–Kier alpha value is -0.610. The fourth-order valence-electron chi connectivity index (χ4n) is 0.524. The van der Waals surface area contributed by atoms with E-state index in [-0.39, 0.29) is 12.6 Å². The smallest absolute Gasteiger partial charge is 0.303 e. The molecule has 3 N–H and O–H groups in total. The molecule has 0 aliphatic carbocycles. The van der Waals surface area contributed by atoms with Crippen molar-refractivity contribution in [3.63, 3.8) is 0 Å². The summed E-state index contributed by atoms with van der Waals surface area (Å²) >= 11 is 0. The first kappa shape index (κ1) is 9.39. The molecule has 10 heavy (non-hydrogen) atoms. The van der Waals surface area contributed by atoms with E-state index < -0.39 is 12.1 Å². The molecule has 0 aliphatic rings. The minimum atomic E-state index is -0.572. The van der Waals surface area contributed by atoms with Crippen LogP contribution in [0.4, 0.5) is 0 Å². The first-order chi connectivity index (χ1) is 4.57. The maximum absolute atomic E-state index is 10.3. The maximum Gasteiger partial charge on any atom is 0.303 e. The Morgan fingerprint density at radius 2 is 2.30 bits per heavy atom. The third kappa shape index (κ3) is 3.42. The van der Waals surface area contributed by atoms with Gasteiger partial charge < -0.3 is 15.6 Å². The van der Waals surface area contributed by atoms with Crippen molar-refractivity contribution in [1.82, 2.24) is 0 Å². The molecule has 0 amide bonds. The van der Waals surface area contributed by atoms with Crippen LogP contribution in [0.3, 0.4) is 0 Å². The number of esters is 1. The second-order valence-electron chi connectivity index (χ2n) is 2.19. The van der Waals surface area contributed by atoms with Gasteiger partial charge in [-0.15, -0.1) is 0 Å². The summed E-state index contributed by atoms with van der Waals surface area (Å²) in [6, 6.07) is -0.325. The number of ether oxygens (including phenoxy) is 1.